The summed E-state index contributed by atoms with van der Waals surface area (Å²) >= 11 is 0. The summed E-state index contributed by atoms with van der Waals surface area (Å²) in [6.07, 6.45) is 5.84. The van der Waals surface area contributed by atoms with Crippen LogP contribution in [0.15, 0.2) is 0 Å². The van der Waals surface area contributed by atoms with E-state index in [9.17, 15) is 4.79 Å². The van der Waals surface area contributed by atoms with Crippen molar-refractivity contribution < 1.29 is 4.79 Å². The summed E-state index contributed by atoms with van der Waals surface area (Å²) in [5.74, 6) is 1.74. The Bertz CT molecular complexity index is 297. The zero-order valence-electron chi connectivity index (χ0n) is 11.3. The van der Waals surface area contributed by atoms with Gasteiger partial charge in [0, 0.05) is 6.04 Å². The fraction of sp³-hybridized carbons (Fsp3) is 0.929. The topological polar surface area (TPSA) is 55.1 Å². The van der Waals surface area contributed by atoms with E-state index in [2.05, 4.69) is 19.2 Å². The van der Waals surface area contributed by atoms with Gasteiger partial charge in [-0.05, 0) is 43.9 Å². The molecule has 0 spiro atoms. The van der Waals surface area contributed by atoms with E-state index >= 15 is 0 Å². The molecule has 0 saturated heterocycles. The molecule has 3 N–H and O–H groups in total. The maximum atomic E-state index is 12.2. The summed E-state index contributed by atoms with van der Waals surface area (Å²) in [5.41, 5.74) is 5.50. The van der Waals surface area contributed by atoms with E-state index in [0.717, 1.165) is 19.3 Å². The molecule has 98 valence electrons. The second kappa shape index (κ2) is 4.60. The molecule has 1 amide bonds. The van der Waals surface area contributed by atoms with E-state index < -0.39 is 5.54 Å². The normalized spacial score (nSPS) is 37.3. The highest BCUT2D eigenvalue weighted by Gasteiger charge is 2.45. The average molecular weight is 238 g/mol. The smallest absolute Gasteiger partial charge is 0.240 e. The molecule has 3 heteroatoms. The Labute approximate surface area is 105 Å². The van der Waals surface area contributed by atoms with Crippen LogP contribution in [0.3, 0.4) is 0 Å². The Morgan fingerprint density at radius 1 is 1.24 bits per heavy atom. The number of rotatable bonds is 3. The van der Waals surface area contributed by atoms with Crippen LogP contribution in [-0.4, -0.2) is 17.5 Å². The molecule has 2 rings (SSSR count). The molecule has 0 bridgehead atoms. The molecule has 4 unspecified atom stereocenters. The van der Waals surface area contributed by atoms with Gasteiger partial charge < -0.3 is 11.1 Å². The summed E-state index contributed by atoms with van der Waals surface area (Å²) in [6, 6.07) is 0.327. The van der Waals surface area contributed by atoms with Crippen LogP contribution in [0.2, 0.25) is 0 Å². The summed E-state index contributed by atoms with van der Waals surface area (Å²) in [4.78, 5) is 12.2. The Morgan fingerprint density at radius 3 is 2.47 bits per heavy atom. The van der Waals surface area contributed by atoms with Crippen LogP contribution in [0, 0.1) is 17.8 Å². The monoisotopic (exact) mass is 238 g/mol. The van der Waals surface area contributed by atoms with Crippen LogP contribution in [0.5, 0.6) is 0 Å². The molecule has 2 aliphatic rings. The summed E-state index contributed by atoms with van der Waals surface area (Å²) in [5, 5.41) is 3.20. The third-order valence-corrected chi connectivity index (χ3v) is 4.94. The zero-order valence-corrected chi connectivity index (χ0v) is 11.3. The first kappa shape index (κ1) is 12.9. The number of nitrogens with one attached hydrogen (secondary N) is 1. The van der Waals surface area contributed by atoms with Crippen molar-refractivity contribution in [3.63, 3.8) is 0 Å². The highest BCUT2D eigenvalue weighted by molar-refractivity contribution is 5.86. The van der Waals surface area contributed by atoms with Crippen LogP contribution >= 0.6 is 0 Å². The molecule has 0 aliphatic heterocycles. The first-order chi connectivity index (χ1) is 7.93. The van der Waals surface area contributed by atoms with Crippen molar-refractivity contribution in [2.75, 3.05) is 0 Å². The molecule has 3 nitrogen and oxygen atoms in total. The van der Waals surface area contributed by atoms with Crippen molar-refractivity contribution in [3.05, 3.63) is 0 Å². The van der Waals surface area contributed by atoms with Gasteiger partial charge in [-0.3, -0.25) is 4.79 Å². The molecule has 0 heterocycles. The predicted octanol–water partition coefficient (Wildman–Crippen LogP) is 2.05. The lowest BCUT2D eigenvalue weighted by Gasteiger charge is -2.36. The standard InChI is InChI=1S/C14H26N2O/c1-9-5-4-6-12(10(9)2)16-13(17)14(3,15)11-7-8-11/h9-12H,4-8,15H2,1-3H3,(H,16,17). The zero-order chi connectivity index (χ0) is 12.6. The average Bonchev–Trinajstić information content (AvgIpc) is 3.08. The van der Waals surface area contributed by atoms with E-state index in [1.807, 2.05) is 6.92 Å². The van der Waals surface area contributed by atoms with Gasteiger partial charge in [-0.2, -0.15) is 0 Å². The van der Waals surface area contributed by atoms with Crippen molar-refractivity contribution >= 4 is 5.91 Å². The van der Waals surface area contributed by atoms with Crippen molar-refractivity contribution in [2.24, 2.45) is 23.5 Å². The Hall–Kier alpha value is -0.570. The third kappa shape index (κ3) is 2.65. The highest BCUT2D eigenvalue weighted by atomic mass is 16.2. The molecule has 4 atom stereocenters. The van der Waals surface area contributed by atoms with Crippen LogP contribution in [-0.2, 0) is 4.79 Å². The van der Waals surface area contributed by atoms with Crippen molar-refractivity contribution in [2.45, 2.75) is 64.5 Å². The minimum absolute atomic E-state index is 0.0611. The van der Waals surface area contributed by atoms with Crippen LogP contribution in [0.25, 0.3) is 0 Å². The molecule has 2 aliphatic carbocycles. The largest absolute Gasteiger partial charge is 0.351 e. The van der Waals surface area contributed by atoms with Gasteiger partial charge >= 0.3 is 0 Å². The number of carbonyl (C=O) groups is 1. The van der Waals surface area contributed by atoms with Crippen LogP contribution < -0.4 is 11.1 Å². The summed E-state index contributed by atoms with van der Waals surface area (Å²) < 4.78 is 0. The van der Waals surface area contributed by atoms with Crippen LogP contribution in [0.1, 0.15) is 52.9 Å². The van der Waals surface area contributed by atoms with Crippen LogP contribution in [0.4, 0.5) is 0 Å². The fourth-order valence-corrected chi connectivity index (χ4v) is 2.98. The number of nitrogens with two attached hydrogens (primary N) is 1. The molecule has 17 heavy (non-hydrogen) atoms. The SMILES string of the molecule is CC1CCCC(NC(=O)C(C)(N)C2CC2)C1C. The van der Waals surface area contributed by atoms with Gasteiger partial charge in [0.2, 0.25) is 5.91 Å². The maximum Gasteiger partial charge on any atom is 0.240 e. The summed E-state index contributed by atoms with van der Waals surface area (Å²) in [6.45, 7) is 6.42. The number of carbonyl (C=O) groups excluding carboxylic acids is 1. The number of amides is 1. The highest BCUT2D eigenvalue weighted by Crippen LogP contribution is 2.38. The Kier molecular flexibility index (Phi) is 3.48. The van der Waals surface area contributed by atoms with Crippen molar-refractivity contribution in [1.82, 2.24) is 5.32 Å². The molecular weight excluding hydrogens is 212 g/mol. The minimum atomic E-state index is -0.652. The molecule has 0 aromatic carbocycles. The van der Waals surface area contributed by atoms with E-state index in [1.54, 1.807) is 0 Å². The second-order valence-corrected chi connectivity index (χ2v) is 6.40. The lowest BCUT2D eigenvalue weighted by Crippen LogP contribution is -2.57. The van der Waals surface area contributed by atoms with Gasteiger partial charge in [-0.25, -0.2) is 0 Å². The third-order valence-electron chi connectivity index (χ3n) is 4.94. The summed E-state index contributed by atoms with van der Waals surface area (Å²) in [7, 11) is 0. The second-order valence-electron chi connectivity index (χ2n) is 6.40. The quantitative estimate of drug-likeness (QED) is 0.790. The molecule has 2 fully saturated rings. The van der Waals surface area contributed by atoms with Gasteiger partial charge in [0.1, 0.15) is 0 Å². The molecule has 0 radical (unpaired) electrons. The Balaban J connectivity index is 1.93. The van der Waals surface area contributed by atoms with Crippen molar-refractivity contribution in [3.8, 4) is 0 Å². The van der Waals surface area contributed by atoms with Gasteiger partial charge in [-0.1, -0.05) is 26.7 Å². The van der Waals surface area contributed by atoms with Gasteiger partial charge in [0.05, 0.1) is 5.54 Å². The molecular formula is C14H26N2O. The van der Waals surface area contributed by atoms with E-state index in [4.69, 9.17) is 5.73 Å². The van der Waals surface area contributed by atoms with E-state index in [0.29, 0.717) is 23.8 Å². The maximum absolute atomic E-state index is 12.2. The molecule has 2 saturated carbocycles. The fourth-order valence-electron chi connectivity index (χ4n) is 2.98. The lowest BCUT2D eigenvalue weighted by atomic mass is 9.77. The molecule has 0 aromatic rings. The minimum Gasteiger partial charge on any atom is -0.351 e. The predicted molar refractivity (Wildman–Crippen MR) is 69.4 cm³/mol. The number of hydrogen-bond acceptors (Lipinski definition) is 2. The van der Waals surface area contributed by atoms with Gasteiger partial charge in [-0.15, -0.1) is 0 Å². The molecule has 0 aromatic heterocycles. The Morgan fingerprint density at radius 2 is 1.88 bits per heavy atom. The lowest BCUT2D eigenvalue weighted by molar-refractivity contribution is -0.128. The van der Waals surface area contributed by atoms with E-state index in [-0.39, 0.29) is 5.91 Å². The van der Waals surface area contributed by atoms with E-state index in [1.165, 1.54) is 12.8 Å². The van der Waals surface area contributed by atoms with Crippen molar-refractivity contribution in [1.29, 1.82) is 0 Å². The first-order valence-electron chi connectivity index (χ1n) is 7.02. The van der Waals surface area contributed by atoms with Gasteiger partial charge in [0.25, 0.3) is 0 Å². The first-order valence-corrected chi connectivity index (χ1v) is 7.02. The number of hydrogen-bond donors (Lipinski definition) is 2. The van der Waals surface area contributed by atoms with Gasteiger partial charge in [0.15, 0.2) is 0 Å².